The van der Waals surface area contributed by atoms with Gasteiger partial charge >= 0.3 is 0 Å². The molecule has 100 valence electrons. The zero-order valence-corrected chi connectivity index (χ0v) is 11.4. The molecule has 0 spiro atoms. The van der Waals surface area contributed by atoms with Gasteiger partial charge in [0.1, 0.15) is 0 Å². The van der Waals surface area contributed by atoms with Crippen LogP contribution in [-0.4, -0.2) is 19.8 Å². The number of nitrogens with one attached hydrogen (secondary N) is 1. The zero-order chi connectivity index (χ0) is 12.8. The van der Waals surface area contributed by atoms with Gasteiger partial charge in [0, 0.05) is 18.0 Å². The van der Waals surface area contributed by atoms with Gasteiger partial charge < -0.3 is 14.8 Å². The summed E-state index contributed by atoms with van der Waals surface area (Å²) in [5.41, 5.74) is 1.24. The summed E-state index contributed by atoms with van der Waals surface area (Å²) >= 11 is 0. The van der Waals surface area contributed by atoms with Crippen LogP contribution in [0, 0.1) is 0 Å². The van der Waals surface area contributed by atoms with E-state index in [0.717, 1.165) is 50.5 Å². The fourth-order valence-corrected chi connectivity index (χ4v) is 2.25. The minimum atomic E-state index is 0.402. The Labute approximate surface area is 109 Å². The van der Waals surface area contributed by atoms with Gasteiger partial charge in [-0.15, -0.1) is 0 Å². The fourth-order valence-electron chi connectivity index (χ4n) is 2.25. The molecule has 1 aliphatic heterocycles. The maximum atomic E-state index is 5.80. The predicted octanol–water partition coefficient (Wildman–Crippen LogP) is 3.30. The summed E-state index contributed by atoms with van der Waals surface area (Å²) in [6.07, 6.45) is 3.20. The van der Waals surface area contributed by atoms with Crippen molar-refractivity contribution in [2.75, 3.05) is 19.8 Å². The number of hydrogen-bond acceptors (Lipinski definition) is 3. The molecule has 1 atom stereocenters. The third-order valence-electron chi connectivity index (χ3n) is 3.14. The number of rotatable bonds is 6. The van der Waals surface area contributed by atoms with Crippen LogP contribution in [0.15, 0.2) is 18.2 Å². The Kier molecular flexibility index (Phi) is 4.88. The lowest BCUT2D eigenvalue weighted by molar-refractivity contribution is 0.229. The molecule has 1 aromatic rings. The van der Waals surface area contributed by atoms with Crippen LogP contribution < -0.4 is 14.8 Å². The van der Waals surface area contributed by atoms with Gasteiger partial charge in [-0.05, 0) is 25.5 Å². The van der Waals surface area contributed by atoms with Crippen molar-refractivity contribution in [1.82, 2.24) is 5.32 Å². The Hall–Kier alpha value is -1.22. The Balaban J connectivity index is 2.17. The van der Waals surface area contributed by atoms with Crippen molar-refractivity contribution < 1.29 is 9.47 Å². The van der Waals surface area contributed by atoms with E-state index < -0.39 is 0 Å². The molecule has 1 unspecified atom stereocenters. The molecule has 18 heavy (non-hydrogen) atoms. The van der Waals surface area contributed by atoms with Gasteiger partial charge in [0.2, 0.25) is 0 Å². The lowest BCUT2D eigenvalue weighted by atomic mass is 10.00. The summed E-state index contributed by atoms with van der Waals surface area (Å²) in [6, 6.07) is 6.59. The van der Waals surface area contributed by atoms with Crippen molar-refractivity contribution in [3.63, 3.8) is 0 Å². The molecule has 1 aliphatic rings. The maximum absolute atomic E-state index is 5.80. The number of benzene rings is 1. The molecule has 1 N–H and O–H groups in total. The standard InChI is InChI=1S/C15H23NO2/c1-3-9-16-13-8-11-18-15-12(13)6-5-7-14(15)17-10-4-2/h5-7,13,16H,3-4,8-11H2,1-2H3. The van der Waals surface area contributed by atoms with Gasteiger partial charge in [0.05, 0.1) is 13.2 Å². The average molecular weight is 249 g/mol. The monoisotopic (exact) mass is 249 g/mol. The van der Waals surface area contributed by atoms with Crippen LogP contribution in [0.1, 0.15) is 44.7 Å². The molecule has 0 saturated heterocycles. The number of ether oxygens (including phenoxy) is 2. The summed E-state index contributed by atoms with van der Waals surface area (Å²) in [7, 11) is 0. The molecule has 1 aromatic carbocycles. The highest BCUT2D eigenvalue weighted by molar-refractivity contribution is 5.49. The van der Waals surface area contributed by atoms with Crippen molar-refractivity contribution in [2.45, 2.75) is 39.2 Å². The molecule has 0 aromatic heterocycles. The zero-order valence-electron chi connectivity index (χ0n) is 11.4. The number of fused-ring (bicyclic) bond motifs is 1. The highest BCUT2D eigenvalue weighted by Crippen LogP contribution is 2.39. The molecule has 0 aliphatic carbocycles. The van der Waals surface area contributed by atoms with E-state index in [1.165, 1.54) is 5.56 Å². The molecule has 3 nitrogen and oxygen atoms in total. The van der Waals surface area contributed by atoms with Gasteiger partial charge in [0.15, 0.2) is 11.5 Å². The van der Waals surface area contributed by atoms with Crippen molar-refractivity contribution in [2.24, 2.45) is 0 Å². The van der Waals surface area contributed by atoms with E-state index in [-0.39, 0.29) is 0 Å². The van der Waals surface area contributed by atoms with Crippen LogP contribution in [0.3, 0.4) is 0 Å². The molecule has 3 heteroatoms. The normalized spacial score (nSPS) is 18.0. The highest BCUT2D eigenvalue weighted by Gasteiger charge is 2.23. The average Bonchev–Trinajstić information content (AvgIpc) is 2.42. The first-order valence-corrected chi connectivity index (χ1v) is 6.98. The first-order chi connectivity index (χ1) is 8.86. The van der Waals surface area contributed by atoms with E-state index in [1.807, 2.05) is 6.07 Å². The van der Waals surface area contributed by atoms with Crippen LogP contribution in [-0.2, 0) is 0 Å². The summed E-state index contributed by atoms with van der Waals surface area (Å²) in [6.45, 7) is 6.85. The van der Waals surface area contributed by atoms with E-state index in [4.69, 9.17) is 9.47 Å². The van der Waals surface area contributed by atoms with Gasteiger partial charge in [-0.25, -0.2) is 0 Å². The Bertz CT molecular complexity index is 379. The SMILES string of the molecule is CCCNC1CCOc2c(OCCC)cccc21. The Morgan fingerprint density at radius 2 is 2.22 bits per heavy atom. The molecule has 0 amide bonds. The van der Waals surface area contributed by atoms with Crippen molar-refractivity contribution >= 4 is 0 Å². The Morgan fingerprint density at radius 3 is 3.00 bits per heavy atom. The van der Waals surface area contributed by atoms with Gasteiger partial charge in [0.25, 0.3) is 0 Å². The van der Waals surface area contributed by atoms with E-state index >= 15 is 0 Å². The van der Waals surface area contributed by atoms with Crippen LogP contribution in [0.2, 0.25) is 0 Å². The molecular weight excluding hydrogens is 226 g/mol. The molecular formula is C15H23NO2. The molecule has 1 heterocycles. The third-order valence-corrected chi connectivity index (χ3v) is 3.14. The van der Waals surface area contributed by atoms with Crippen molar-refractivity contribution in [3.05, 3.63) is 23.8 Å². The number of para-hydroxylation sites is 1. The highest BCUT2D eigenvalue weighted by atomic mass is 16.5. The Morgan fingerprint density at radius 1 is 1.33 bits per heavy atom. The fraction of sp³-hybridized carbons (Fsp3) is 0.600. The second-order valence-corrected chi connectivity index (χ2v) is 4.67. The van der Waals surface area contributed by atoms with E-state index in [1.54, 1.807) is 0 Å². The smallest absolute Gasteiger partial charge is 0.165 e. The van der Waals surface area contributed by atoms with Crippen LogP contribution in [0.4, 0.5) is 0 Å². The second kappa shape index (κ2) is 6.64. The van der Waals surface area contributed by atoms with E-state index in [2.05, 4.69) is 31.3 Å². The van der Waals surface area contributed by atoms with Gasteiger partial charge in [-0.2, -0.15) is 0 Å². The first kappa shape index (κ1) is 13.2. The van der Waals surface area contributed by atoms with Gasteiger partial charge in [-0.1, -0.05) is 26.0 Å². The lowest BCUT2D eigenvalue weighted by Gasteiger charge is -2.28. The van der Waals surface area contributed by atoms with Crippen LogP contribution in [0.5, 0.6) is 11.5 Å². The van der Waals surface area contributed by atoms with E-state index in [9.17, 15) is 0 Å². The maximum Gasteiger partial charge on any atom is 0.165 e. The van der Waals surface area contributed by atoms with Crippen LogP contribution in [0.25, 0.3) is 0 Å². The molecule has 0 fully saturated rings. The van der Waals surface area contributed by atoms with Crippen molar-refractivity contribution in [1.29, 1.82) is 0 Å². The quantitative estimate of drug-likeness (QED) is 0.839. The second-order valence-electron chi connectivity index (χ2n) is 4.67. The largest absolute Gasteiger partial charge is 0.490 e. The topological polar surface area (TPSA) is 30.5 Å². The molecule has 0 bridgehead atoms. The predicted molar refractivity (Wildman–Crippen MR) is 73.4 cm³/mol. The van der Waals surface area contributed by atoms with E-state index in [0.29, 0.717) is 6.04 Å². The van der Waals surface area contributed by atoms with Crippen molar-refractivity contribution in [3.8, 4) is 11.5 Å². The number of hydrogen-bond donors (Lipinski definition) is 1. The third kappa shape index (κ3) is 2.96. The molecule has 2 rings (SSSR count). The first-order valence-electron chi connectivity index (χ1n) is 6.98. The summed E-state index contributed by atoms with van der Waals surface area (Å²) in [5, 5.41) is 3.58. The minimum Gasteiger partial charge on any atom is -0.490 e. The summed E-state index contributed by atoms with van der Waals surface area (Å²) in [4.78, 5) is 0. The summed E-state index contributed by atoms with van der Waals surface area (Å²) < 4.78 is 11.6. The van der Waals surface area contributed by atoms with Crippen LogP contribution >= 0.6 is 0 Å². The molecule has 0 saturated carbocycles. The lowest BCUT2D eigenvalue weighted by Crippen LogP contribution is -2.27. The minimum absolute atomic E-state index is 0.402. The van der Waals surface area contributed by atoms with Gasteiger partial charge in [-0.3, -0.25) is 0 Å². The molecule has 0 radical (unpaired) electrons. The summed E-state index contributed by atoms with van der Waals surface area (Å²) in [5.74, 6) is 1.82.